The lowest BCUT2D eigenvalue weighted by molar-refractivity contribution is 0.0650. The molecule has 4 N–H and O–H groups in total. The molecular weight excluding hydrogens is 536 g/mol. The largest absolute Gasteiger partial charge is 0.478 e. The molecule has 0 atom stereocenters. The molecule has 0 aliphatic rings. The van der Waals surface area contributed by atoms with Crippen molar-refractivity contribution in [1.82, 2.24) is 0 Å². The number of carboxylic acids is 4. The van der Waals surface area contributed by atoms with Crippen molar-refractivity contribution in [3.63, 3.8) is 0 Å². The van der Waals surface area contributed by atoms with Gasteiger partial charge in [-0.05, 0) is 55.0 Å². The number of benzene rings is 2. The molecule has 2 rings (SSSR count). The highest BCUT2D eigenvalue weighted by atomic mass is 16.4. The predicted octanol–water partition coefficient (Wildman–Crippen LogP) is 8.75. The maximum atomic E-state index is 11.9. The maximum absolute atomic E-state index is 11.9. The highest BCUT2D eigenvalue weighted by Crippen LogP contribution is 2.25. The first kappa shape index (κ1) is 36.3. The van der Waals surface area contributed by atoms with E-state index in [0.29, 0.717) is 6.42 Å². The molecule has 232 valence electrons. The van der Waals surface area contributed by atoms with Crippen LogP contribution >= 0.6 is 0 Å². The molecule has 2 aromatic carbocycles. The second-order valence-corrected chi connectivity index (χ2v) is 10.6. The Morgan fingerprint density at radius 3 is 1.29 bits per heavy atom. The van der Waals surface area contributed by atoms with E-state index in [4.69, 9.17) is 10.2 Å². The van der Waals surface area contributed by atoms with E-state index in [9.17, 15) is 29.4 Å². The first-order chi connectivity index (χ1) is 20.1. The Morgan fingerprint density at radius 2 is 0.881 bits per heavy atom. The van der Waals surface area contributed by atoms with Crippen LogP contribution in [-0.2, 0) is 12.8 Å². The zero-order chi connectivity index (χ0) is 31.3. The van der Waals surface area contributed by atoms with Crippen molar-refractivity contribution in [3.8, 4) is 0 Å². The number of aryl methyl sites for hydroxylation is 1. The fourth-order valence-corrected chi connectivity index (χ4v) is 5.02. The van der Waals surface area contributed by atoms with Crippen LogP contribution in [0.2, 0.25) is 0 Å². The van der Waals surface area contributed by atoms with Gasteiger partial charge in [-0.25, -0.2) is 19.2 Å². The Hall–Kier alpha value is -3.68. The molecule has 0 radical (unpaired) electrons. The van der Waals surface area contributed by atoms with Crippen LogP contribution in [0.1, 0.15) is 156 Å². The minimum absolute atomic E-state index is 0.00827. The molecule has 2 aromatic rings. The van der Waals surface area contributed by atoms with Crippen molar-refractivity contribution in [1.29, 1.82) is 0 Å². The fraction of sp³-hybridized carbons (Fsp3) is 0.529. The number of aromatic carboxylic acids is 4. The van der Waals surface area contributed by atoms with E-state index < -0.39 is 23.9 Å². The van der Waals surface area contributed by atoms with Crippen molar-refractivity contribution >= 4 is 23.9 Å². The molecule has 0 saturated heterocycles. The van der Waals surface area contributed by atoms with Gasteiger partial charge in [0.1, 0.15) is 0 Å². The van der Waals surface area contributed by atoms with Gasteiger partial charge >= 0.3 is 23.9 Å². The quantitative estimate of drug-likeness (QED) is 0.113. The molecular formula is C34H48O8. The van der Waals surface area contributed by atoms with Crippen LogP contribution in [0.3, 0.4) is 0 Å². The van der Waals surface area contributed by atoms with Crippen molar-refractivity contribution < 1.29 is 39.6 Å². The van der Waals surface area contributed by atoms with Crippen LogP contribution in [0.25, 0.3) is 0 Å². The summed E-state index contributed by atoms with van der Waals surface area (Å²) in [5, 5.41) is 36.3. The summed E-state index contributed by atoms with van der Waals surface area (Å²) >= 11 is 0. The van der Waals surface area contributed by atoms with E-state index in [2.05, 4.69) is 13.8 Å². The molecule has 8 nitrogen and oxygen atoms in total. The van der Waals surface area contributed by atoms with Gasteiger partial charge in [0.15, 0.2) is 0 Å². The van der Waals surface area contributed by atoms with Gasteiger partial charge in [-0.15, -0.1) is 0 Å². The second kappa shape index (κ2) is 21.1. The minimum atomic E-state index is -1.23. The van der Waals surface area contributed by atoms with Crippen LogP contribution in [0, 0.1) is 0 Å². The lowest BCUT2D eigenvalue weighted by Gasteiger charge is -2.15. The van der Waals surface area contributed by atoms with E-state index in [-0.39, 0.29) is 22.3 Å². The number of rotatable bonds is 20. The predicted molar refractivity (Wildman–Crippen MR) is 164 cm³/mol. The summed E-state index contributed by atoms with van der Waals surface area (Å²) in [6.07, 6.45) is 18.1. The van der Waals surface area contributed by atoms with Crippen molar-refractivity contribution in [3.05, 3.63) is 69.8 Å². The van der Waals surface area contributed by atoms with Crippen LogP contribution in [0.5, 0.6) is 0 Å². The molecule has 0 fully saturated rings. The first-order valence-corrected chi connectivity index (χ1v) is 15.3. The Morgan fingerprint density at radius 1 is 0.476 bits per heavy atom. The zero-order valence-electron chi connectivity index (χ0n) is 25.2. The molecule has 8 heteroatoms. The SMILES string of the molecule is CCCCCCCCCc1ccc(C(=O)O)c(C(=O)O)c1CCCCCCCCC.O=C(O)c1ccccc1C(=O)O. The topological polar surface area (TPSA) is 149 Å². The number of hydrogen-bond acceptors (Lipinski definition) is 4. The number of carboxylic acid groups (broad SMARTS) is 4. The maximum Gasteiger partial charge on any atom is 0.336 e. The summed E-state index contributed by atoms with van der Waals surface area (Å²) in [5.74, 6) is -4.73. The van der Waals surface area contributed by atoms with Crippen molar-refractivity contribution in [2.45, 2.75) is 117 Å². The lowest BCUT2D eigenvalue weighted by Crippen LogP contribution is -2.14. The van der Waals surface area contributed by atoms with Gasteiger partial charge in [0.05, 0.1) is 22.3 Å². The summed E-state index contributed by atoms with van der Waals surface area (Å²) in [6.45, 7) is 4.42. The third kappa shape index (κ3) is 13.3. The van der Waals surface area contributed by atoms with E-state index >= 15 is 0 Å². The Bertz CT molecular complexity index is 1110. The number of unbranched alkanes of at least 4 members (excludes halogenated alkanes) is 12. The molecule has 42 heavy (non-hydrogen) atoms. The normalized spacial score (nSPS) is 10.5. The van der Waals surface area contributed by atoms with Gasteiger partial charge in [0, 0.05) is 0 Å². The van der Waals surface area contributed by atoms with Crippen molar-refractivity contribution in [2.75, 3.05) is 0 Å². The minimum Gasteiger partial charge on any atom is -0.478 e. The molecule has 0 bridgehead atoms. The van der Waals surface area contributed by atoms with Gasteiger partial charge in [-0.3, -0.25) is 0 Å². The monoisotopic (exact) mass is 584 g/mol. The van der Waals surface area contributed by atoms with Gasteiger partial charge in [0.2, 0.25) is 0 Å². The molecule has 0 aromatic heterocycles. The van der Waals surface area contributed by atoms with E-state index in [0.717, 1.165) is 49.7 Å². The van der Waals surface area contributed by atoms with Gasteiger partial charge in [-0.2, -0.15) is 0 Å². The van der Waals surface area contributed by atoms with Crippen LogP contribution in [0.4, 0.5) is 0 Å². The smallest absolute Gasteiger partial charge is 0.336 e. The molecule has 0 aliphatic heterocycles. The third-order valence-electron chi connectivity index (χ3n) is 7.32. The van der Waals surface area contributed by atoms with E-state index in [1.807, 2.05) is 6.07 Å². The van der Waals surface area contributed by atoms with Crippen LogP contribution in [-0.4, -0.2) is 44.3 Å². The summed E-state index contributed by atoms with van der Waals surface area (Å²) < 4.78 is 0. The third-order valence-corrected chi connectivity index (χ3v) is 7.32. The van der Waals surface area contributed by atoms with Gasteiger partial charge < -0.3 is 20.4 Å². The van der Waals surface area contributed by atoms with Gasteiger partial charge in [-0.1, -0.05) is 109 Å². The highest BCUT2D eigenvalue weighted by Gasteiger charge is 2.22. The first-order valence-electron chi connectivity index (χ1n) is 15.3. The molecule has 0 heterocycles. The molecule has 0 saturated carbocycles. The summed E-state index contributed by atoms with van der Waals surface area (Å²) in [6, 6.07) is 8.81. The summed E-state index contributed by atoms with van der Waals surface area (Å²) in [4.78, 5) is 44.4. The standard InChI is InChI=1S/C26H42O4.C8H6O4/c1-3-5-7-9-11-13-15-17-21-19-20-23(25(27)28)24(26(29)30)22(21)18-16-14-12-10-8-6-4-2;9-7(10)5-3-1-2-4-6(5)8(11)12/h19-20H,3-18H2,1-2H3,(H,27,28)(H,29,30);1-4H,(H,9,10)(H,11,12). The Labute approximate surface area is 249 Å². The molecule has 0 unspecified atom stereocenters. The number of carbonyl (C=O) groups is 4. The molecule has 0 aliphatic carbocycles. The van der Waals surface area contributed by atoms with Gasteiger partial charge in [0.25, 0.3) is 0 Å². The van der Waals surface area contributed by atoms with Crippen molar-refractivity contribution in [2.24, 2.45) is 0 Å². The van der Waals surface area contributed by atoms with E-state index in [1.165, 1.54) is 88.1 Å². The zero-order valence-corrected chi connectivity index (χ0v) is 25.2. The molecule has 0 amide bonds. The average Bonchev–Trinajstić information content (AvgIpc) is 2.96. The van der Waals surface area contributed by atoms with Crippen LogP contribution < -0.4 is 0 Å². The number of hydrogen-bond donors (Lipinski definition) is 4. The van der Waals surface area contributed by atoms with E-state index in [1.54, 1.807) is 0 Å². The fourth-order valence-electron chi connectivity index (χ4n) is 5.02. The lowest BCUT2D eigenvalue weighted by atomic mass is 9.89. The highest BCUT2D eigenvalue weighted by molar-refractivity contribution is 6.03. The summed E-state index contributed by atoms with van der Waals surface area (Å²) in [7, 11) is 0. The van der Waals surface area contributed by atoms with Crippen LogP contribution in [0.15, 0.2) is 36.4 Å². The Balaban J connectivity index is 0.000000609. The average molecular weight is 585 g/mol. The second-order valence-electron chi connectivity index (χ2n) is 10.6. The Kier molecular flexibility index (Phi) is 18.2. The molecule has 0 spiro atoms. The summed E-state index contributed by atoms with van der Waals surface area (Å²) in [5.41, 5.74) is 1.33.